The standard InChI is InChI=1S/C15H25N3/c1-3-7-16-13(10-14-17-8-9-18(14)2)15-11-5-4-6-12(11)15/h8-9,11-13,15-16H,3-7,10H2,1-2H3. The van der Waals surface area contributed by atoms with E-state index in [9.17, 15) is 0 Å². The SMILES string of the molecule is CCCNC(Cc1nccn1C)C1C2CCCC21. The van der Waals surface area contributed by atoms with E-state index < -0.39 is 0 Å². The molecule has 3 unspecified atom stereocenters. The molecule has 2 aliphatic carbocycles. The van der Waals surface area contributed by atoms with Crippen LogP contribution in [0.2, 0.25) is 0 Å². The van der Waals surface area contributed by atoms with E-state index in [1.165, 1.54) is 31.5 Å². The lowest BCUT2D eigenvalue weighted by Gasteiger charge is -2.20. The van der Waals surface area contributed by atoms with Gasteiger partial charge in [-0.3, -0.25) is 0 Å². The van der Waals surface area contributed by atoms with Crippen LogP contribution in [0.1, 0.15) is 38.4 Å². The summed E-state index contributed by atoms with van der Waals surface area (Å²) < 4.78 is 2.17. The van der Waals surface area contributed by atoms with Crippen molar-refractivity contribution in [3.8, 4) is 0 Å². The molecule has 1 aromatic heterocycles. The molecule has 0 aliphatic heterocycles. The Hall–Kier alpha value is -0.830. The van der Waals surface area contributed by atoms with Gasteiger partial charge in [0, 0.05) is 31.9 Å². The van der Waals surface area contributed by atoms with Crippen molar-refractivity contribution in [2.75, 3.05) is 6.54 Å². The van der Waals surface area contributed by atoms with Gasteiger partial charge < -0.3 is 9.88 Å². The molecule has 0 amide bonds. The van der Waals surface area contributed by atoms with Gasteiger partial charge in [0.05, 0.1) is 0 Å². The van der Waals surface area contributed by atoms with Crippen LogP contribution in [0.4, 0.5) is 0 Å². The maximum Gasteiger partial charge on any atom is 0.109 e. The molecule has 2 fully saturated rings. The molecule has 3 rings (SSSR count). The number of imidazole rings is 1. The van der Waals surface area contributed by atoms with Crippen molar-refractivity contribution in [3.63, 3.8) is 0 Å². The summed E-state index contributed by atoms with van der Waals surface area (Å²) in [6.07, 6.45) is 10.7. The molecule has 1 heterocycles. The Labute approximate surface area is 110 Å². The quantitative estimate of drug-likeness (QED) is 0.836. The van der Waals surface area contributed by atoms with Crippen molar-refractivity contribution in [1.29, 1.82) is 0 Å². The second-order valence-corrected chi connectivity index (χ2v) is 6.06. The van der Waals surface area contributed by atoms with E-state index in [0.717, 1.165) is 30.7 Å². The molecule has 0 spiro atoms. The fraction of sp³-hybridized carbons (Fsp3) is 0.800. The first-order valence-corrected chi connectivity index (χ1v) is 7.51. The van der Waals surface area contributed by atoms with Gasteiger partial charge in [0.25, 0.3) is 0 Å². The lowest BCUT2D eigenvalue weighted by Crippen LogP contribution is -2.36. The highest BCUT2D eigenvalue weighted by atomic mass is 15.0. The molecule has 2 saturated carbocycles. The fourth-order valence-corrected chi connectivity index (χ4v) is 3.94. The lowest BCUT2D eigenvalue weighted by atomic mass is 10.0. The number of nitrogens with zero attached hydrogens (tertiary/aromatic N) is 2. The Balaban J connectivity index is 1.65. The number of hydrogen-bond donors (Lipinski definition) is 1. The number of aromatic nitrogens is 2. The van der Waals surface area contributed by atoms with Crippen LogP contribution in [0.25, 0.3) is 0 Å². The zero-order valence-corrected chi connectivity index (χ0v) is 11.6. The average molecular weight is 247 g/mol. The summed E-state index contributed by atoms with van der Waals surface area (Å²) in [5.41, 5.74) is 0. The minimum atomic E-state index is 0.654. The summed E-state index contributed by atoms with van der Waals surface area (Å²) in [5, 5.41) is 3.77. The molecule has 3 heteroatoms. The topological polar surface area (TPSA) is 29.9 Å². The minimum Gasteiger partial charge on any atom is -0.338 e. The van der Waals surface area contributed by atoms with Gasteiger partial charge in [0.1, 0.15) is 5.82 Å². The van der Waals surface area contributed by atoms with Crippen molar-refractivity contribution >= 4 is 0 Å². The predicted octanol–water partition coefficient (Wildman–Crippen LogP) is 2.38. The summed E-state index contributed by atoms with van der Waals surface area (Å²) in [4.78, 5) is 4.49. The van der Waals surface area contributed by atoms with Crippen LogP contribution >= 0.6 is 0 Å². The van der Waals surface area contributed by atoms with Crippen LogP contribution in [0.5, 0.6) is 0 Å². The Morgan fingerprint density at radius 3 is 2.83 bits per heavy atom. The Morgan fingerprint density at radius 1 is 1.44 bits per heavy atom. The van der Waals surface area contributed by atoms with Crippen molar-refractivity contribution in [1.82, 2.24) is 14.9 Å². The van der Waals surface area contributed by atoms with Crippen molar-refractivity contribution in [3.05, 3.63) is 18.2 Å². The molecular formula is C15H25N3. The van der Waals surface area contributed by atoms with E-state index in [-0.39, 0.29) is 0 Å². The highest BCUT2D eigenvalue weighted by molar-refractivity contribution is 5.09. The van der Waals surface area contributed by atoms with Gasteiger partial charge in [0.2, 0.25) is 0 Å². The van der Waals surface area contributed by atoms with Gasteiger partial charge in [-0.25, -0.2) is 4.98 Å². The summed E-state index contributed by atoms with van der Waals surface area (Å²) >= 11 is 0. The average Bonchev–Trinajstić information content (AvgIpc) is 2.74. The van der Waals surface area contributed by atoms with Crippen LogP contribution in [0.15, 0.2) is 12.4 Å². The molecule has 100 valence electrons. The molecule has 1 N–H and O–H groups in total. The third-order valence-electron chi connectivity index (χ3n) is 4.92. The fourth-order valence-electron chi connectivity index (χ4n) is 3.94. The molecule has 3 nitrogen and oxygen atoms in total. The summed E-state index contributed by atoms with van der Waals surface area (Å²) in [6, 6.07) is 0.654. The van der Waals surface area contributed by atoms with E-state index in [1.54, 1.807) is 0 Å². The number of nitrogens with one attached hydrogen (secondary N) is 1. The van der Waals surface area contributed by atoms with Crippen LogP contribution in [0, 0.1) is 17.8 Å². The molecule has 1 aromatic rings. The van der Waals surface area contributed by atoms with Gasteiger partial charge in [-0.05, 0) is 43.6 Å². The molecule has 3 atom stereocenters. The van der Waals surface area contributed by atoms with Gasteiger partial charge in [0.15, 0.2) is 0 Å². The summed E-state index contributed by atoms with van der Waals surface area (Å²) in [5.74, 6) is 4.22. The predicted molar refractivity (Wildman–Crippen MR) is 73.3 cm³/mol. The van der Waals surface area contributed by atoms with Crippen LogP contribution in [-0.4, -0.2) is 22.1 Å². The van der Waals surface area contributed by atoms with E-state index in [0.29, 0.717) is 6.04 Å². The highest BCUT2D eigenvalue weighted by Gasteiger charge is 2.55. The van der Waals surface area contributed by atoms with Gasteiger partial charge in [-0.15, -0.1) is 0 Å². The van der Waals surface area contributed by atoms with Crippen molar-refractivity contribution < 1.29 is 0 Å². The Morgan fingerprint density at radius 2 is 2.22 bits per heavy atom. The first kappa shape index (κ1) is 12.2. The molecule has 0 saturated heterocycles. The largest absolute Gasteiger partial charge is 0.338 e. The number of hydrogen-bond acceptors (Lipinski definition) is 2. The smallest absolute Gasteiger partial charge is 0.109 e. The molecule has 0 radical (unpaired) electrons. The number of aryl methyl sites for hydroxylation is 1. The van der Waals surface area contributed by atoms with Crippen LogP contribution in [-0.2, 0) is 13.5 Å². The first-order valence-electron chi connectivity index (χ1n) is 7.51. The maximum atomic E-state index is 4.49. The molecule has 0 aromatic carbocycles. The van der Waals surface area contributed by atoms with E-state index >= 15 is 0 Å². The molecule has 18 heavy (non-hydrogen) atoms. The number of fused-ring (bicyclic) bond motifs is 1. The summed E-state index contributed by atoms with van der Waals surface area (Å²) in [7, 11) is 2.10. The summed E-state index contributed by atoms with van der Waals surface area (Å²) in [6.45, 7) is 3.39. The monoisotopic (exact) mass is 247 g/mol. The van der Waals surface area contributed by atoms with E-state index in [4.69, 9.17) is 0 Å². The third-order valence-corrected chi connectivity index (χ3v) is 4.92. The van der Waals surface area contributed by atoms with Gasteiger partial charge >= 0.3 is 0 Å². The Bertz CT molecular complexity index is 388. The highest BCUT2D eigenvalue weighted by Crippen LogP contribution is 2.59. The Kier molecular flexibility index (Phi) is 3.42. The zero-order valence-electron chi connectivity index (χ0n) is 11.6. The molecule has 2 aliphatic rings. The first-order chi connectivity index (χ1) is 8.81. The van der Waals surface area contributed by atoms with Gasteiger partial charge in [-0.2, -0.15) is 0 Å². The molecular weight excluding hydrogens is 222 g/mol. The maximum absolute atomic E-state index is 4.49. The third kappa shape index (κ3) is 2.20. The van der Waals surface area contributed by atoms with E-state index in [1.807, 2.05) is 6.20 Å². The molecule has 0 bridgehead atoms. The number of rotatable bonds is 6. The van der Waals surface area contributed by atoms with Crippen LogP contribution < -0.4 is 5.32 Å². The van der Waals surface area contributed by atoms with Crippen molar-refractivity contribution in [2.24, 2.45) is 24.8 Å². The van der Waals surface area contributed by atoms with Crippen molar-refractivity contribution in [2.45, 2.75) is 45.1 Å². The second-order valence-electron chi connectivity index (χ2n) is 6.06. The minimum absolute atomic E-state index is 0.654. The lowest BCUT2D eigenvalue weighted by molar-refractivity contribution is 0.395. The normalized spacial score (nSPS) is 31.3. The second kappa shape index (κ2) is 5.04. The zero-order chi connectivity index (χ0) is 12.5. The van der Waals surface area contributed by atoms with Gasteiger partial charge in [-0.1, -0.05) is 13.3 Å². The van der Waals surface area contributed by atoms with Crippen LogP contribution in [0.3, 0.4) is 0 Å². The van der Waals surface area contributed by atoms with E-state index in [2.05, 4.69) is 35.0 Å².